The number of aliphatic hydroxyl groups excluding tert-OH is 2. The molecular formula is C14H26N4O11P2. The van der Waals surface area contributed by atoms with Crippen LogP contribution in [0.3, 0.4) is 0 Å². The standard InChI is InChI=1S/C14H26N4O11P2/c1-18(2,3)6-7-26-30(22,23)29-31(24,25)27-8-9-11(19)12(20)13(28-9)17-5-4-10(15)16-14(17)21/h4-5,9,11-13,19-20H,6-8H2,1-3H3,(H3-,15,16,21,22,23,24,25)/t9-,11-,12-,13-/m1/s1/i1+2,2+2,3+2. The lowest BCUT2D eigenvalue weighted by atomic mass is 10.1. The first-order valence-corrected chi connectivity index (χ1v) is 11.9. The quantitative estimate of drug-likeness (QED) is 0.200. The molecule has 0 radical (unpaired) electrons. The van der Waals surface area contributed by atoms with Crippen LogP contribution >= 0.6 is 15.6 Å². The molecule has 1 aromatic heterocycles. The topological polar surface area (TPSA) is 216 Å². The highest BCUT2D eigenvalue weighted by molar-refractivity contribution is 7.60. The van der Waals surface area contributed by atoms with Crippen LogP contribution in [0.1, 0.15) is 6.23 Å². The van der Waals surface area contributed by atoms with Crippen LogP contribution in [-0.4, -0.2) is 88.4 Å². The van der Waals surface area contributed by atoms with Gasteiger partial charge in [0.25, 0.3) is 7.82 Å². The monoisotopic (exact) mass is 494 g/mol. The number of anilines is 1. The molecule has 17 heteroatoms. The predicted molar refractivity (Wildman–Crippen MR) is 102 cm³/mol. The zero-order chi connectivity index (χ0) is 23.6. The number of nitrogen functional groups attached to an aromatic ring is 1. The van der Waals surface area contributed by atoms with E-state index in [9.17, 15) is 33.9 Å². The lowest BCUT2D eigenvalue weighted by molar-refractivity contribution is -0.870. The number of phosphoric acid groups is 2. The zero-order valence-corrected chi connectivity index (χ0v) is 18.8. The molecule has 0 aromatic carbocycles. The fraction of sp³-hybridized carbons (Fsp3) is 0.714. The van der Waals surface area contributed by atoms with Crippen molar-refractivity contribution in [3.63, 3.8) is 0 Å². The summed E-state index contributed by atoms with van der Waals surface area (Å²) in [5, 5.41) is 20.2. The Balaban J connectivity index is 1.96. The number of phosphoric ester groups is 2. The summed E-state index contributed by atoms with van der Waals surface area (Å²) in [6.45, 7) is -0.877. The van der Waals surface area contributed by atoms with Crippen LogP contribution in [0.2, 0.25) is 0 Å². The van der Waals surface area contributed by atoms with Crippen molar-refractivity contribution in [2.24, 2.45) is 0 Å². The molecular weight excluding hydrogens is 468 g/mol. The number of ether oxygens (including phenoxy) is 1. The third-order valence-electron chi connectivity index (χ3n) is 4.08. The number of rotatable bonds is 10. The van der Waals surface area contributed by atoms with Gasteiger partial charge in [-0.2, -0.15) is 4.98 Å². The van der Waals surface area contributed by atoms with E-state index in [1.54, 1.807) is 21.1 Å². The number of nitrogens with zero attached hydrogens (tertiary/aromatic N) is 3. The average Bonchev–Trinajstić information content (AvgIpc) is 2.86. The van der Waals surface area contributed by atoms with Crippen molar-refractivity contribution >= 4 is 21.5 Å². The van der Waals surface area contributed by atoms with Crippen molar-refractivity contribution in [1.82, 2.24) is 9.55 Å². The molecule has 15 nitrogen and oxygen atoms in total. The van der Waals surface area contributed by atoms with Gasteiger partial charge in [-0.3, -0.25) is 13.7 Å². The summed E-state index contributed by atoms with van der Waals surface area (Å²) in [4.78, 5) is 36.7. The third-order valence-corrected chi connectivity index (χ3v) is 6.68. The van der Waals surface area contributed by atoms with Gasteiger partial charge in [0.1, 0.15) is 37.3 Å². The molecule has 1 aliphatic rings. The second-order valence-electron chi connectivity index (χ2n) is 7.73. The molecule has 0 aliphatic carbocycles. The number of hydrogen-bond acceptors (Lipinski definition) is 12. The van der Waals surface area contributed by atoms with Crippen molar-refractivity contribution in [1.29, 1.82) is 0 Å². The maximum absolute atomic E-state index is 12.0. The molecule has 1 saturated heterocycles. The molecule has 31 heavy (non-hydrogen) atoms. The zero-order valence-electron chi connectivity index (χ0n) is 17.0. The fourth-order valence-corrected chi connectivity index (χ4v) is 4.51. The molecule has 2 unspecified atom stereocenters. The number of aromatic nitrogens is 2. The summed E-state index contributed by atoms with van der Waals surface area (Å²) in [5.41, 5.74) is 4.52. The Hall–Kier alpha value is -1.22. The summed E-state index contributed by atoms with van der Waals surface area (Å²) < 4.78 is 43.4. The van der Waals surface area contributed by atoms with Crippen LogP contribution in [-0.2, 0) is 27.2 Å². The summed E-state index contributed by atoms with van der Waals surface area (Å²) in [6, 6.07) is 1.26. The second kappa shape index (κ2) is 9.73. The van der Waals surface area contributed by atoms with Gasteiger partial charge < -0.3 is 39.5 Å². The molecule has 6 atom stereocenters. The van der Waals surface area contributed by atoms with E-state index in [1.165, 1.54) is 12.3 Å². The first-order chi connectivity index (χ1) is 14.1. The number of aliphatic hydroxyl groups is 2. The van der Waals surface area contributed by atoms with Gasteiger partial charge in [0.05, 0.1) is 27.7 Å². The van der Waals surface area contributed by atoms with Gasteiger partial charge in [-0.25, -0.2) is 13.7 Å². The molecule has 178 valence electrons. The van der Waals surface area contributed by atoms with Crippen LogP contribution in [0.25, 0.3) is 0 Å². The van der Waals surface area contributed by atoms with E-state index >= 15 is 0 Å². The van der Waals surface area contributed by atoms with Crippen molar-refractivity contribution in [2.75, 3.05) is 46.6 Å². The van der Waals surface area contributed by atoms with E-state index in [1.807, 2.05) is 0 Å². The molecule has 0 spiro atoms. The minimum Gasteiger partial charge on any atom is -0.756 e. The first-order valence-electron chi connectivity index (χ1n) is 8.91. The highest BCUT2D eigenvalue weighted by atomic mass is 31.3. The maximum Gasteiger partial charge on any atom is 0.478 e. The van der Waals surface area contributed by atoms with Gasteiger partial charge in [0, 0.05) is 6.20 Å². The SMILES string of the molecule is [14CH3][N+]([14CH3])([14CH3])CCOP(=O)([O-])OP(=O)(O)OC[C@H]1O[C@@H](n2ccc(N)nc2=O)[C@H](O)[C@@H]1O. The van der Waals surface area contributed by atoms with Gasteiger partial charge in [-0.15, -0.1) is 0 Å². The summed E-state index contributed by atoms with van der Waals surface area (Å²) in [7, 11) is -5.01. The van der Waals surface area contributed by atoms with E-state index in [4.69, 9.17) is 10.5 Å². The molecule has 1 fully saturated rings. The Labute approximate surface area is 177 Å². The highest BCUT2D eigenvalue weighted by Gasteiger charge is 2.45. The van der Waals surface area contributed by atoms with Gasteiger partial charge in [0.2, 0.25) is 0 Å². The van der Waals surface area contributed by atoms with Crippen LogP contribution in [0, 0.1) is 0 Å². The Morgan fingerprint density at radius 1 is 1.29 bits per heavy atom. The molecule has 0 bridgehead atoms. The van der Waals surface area contributed by atoms with Crippen LogP contribution < -0.4 is 16.3 Å². The molecule has 2 rings (SSSR count). The Morgan fingerprint density at radius 3 is 2.52 bits per heavy atom. The van der Waals surface area contributed by atoms with E-state index in [0.29, 0.717) is 4.48 Å². The van der Waals surface area contributed by atoms with Crippen molar-refractivity contribution in [3.05, 3.63) is 22.7 Å². The smallest absolute Gasteiger partial charge is 0.478 e. The number of nitrogens with two attached hydrogens (primary N) is 1. The lowest BCUT2D eigenvalue weighted by Crippen LogP contribution is -2.37. The van der Waals surface area contributed by atoms with Gasteiger partial charge >= 0.3 is 13.5 Å². The van der Waals surface area contributed by atoms with E-state index in [2.05, 4.69) is 18.3 Å². The molecule has 0 amide bonds. The normalized spacial score (nSPS) is 28.2. The predicted octanol–water partition coefficient (Wildman–Crippen LogP) is -2.23. The van der Waals surface area contributed by atoms with Crippen molar-refractivity contribution in [3.8, 4) is 0 Å². The summed E-state index contributed by atoms with van der Waals surface area (Å²) in [6.07, 6.45) is -4.89. The highest BCUT2D eigenvalue weighted by Crippen LogP contribution is 2.58. The Kier molecular flexibility index (Phi) is 8.17. The Morgan fingerprint density at radius 2 is 1.94 bits per heavy atom. The Bertz CT molecular complexity index is 920. The third kappa shape index (κ3) is 7.70. The van der Waals surface area contributed by atoms with Gasteiger partial charge in [-0.1, -0.05) is 0 Å². The van der Waals surface area contributed by atoms with E-state index in [0.717, 1.165) is 4.57 Å². The molecule has 1 aliphatic heterocycles. The first kappa shape index (κ1) is 26.0. The van der Waals surface area contributed by atoms with Crippen molar-refractivity contribution < 1.29 is 51.7 Å². The van der Waals surface area contributed by atoms with Gasteiger partial charge in [-0.05, 0) is 6.07 Å². The molecule has 0 saturated carbocycles. The largest absolute Gasteiger partial charge is 0.756 e. The number of quaternary nitrogens is 1. The average molecular weight is 494 g/mol. The van der Waals surface area contributed by atoms with E-state index < -0.39 is 52.5 Å². The van der Waals surface area contributed by atoms with Crippen LogP contribution in [0.15, 0.2) is 17.1 Å². The minimum absolute atomic E-state index is 0.0711. The van der Waals surface area contributed by atoms with Crippen LogP contribution in [0.5, 0.6) is 0 Å². The molecule has 5 N–H and O–H groups in total. The summed E-state index contributed by atoms with van der Waals surface area (Å²) in [5.74, 6) is -0.0711. The second-order valence-corrected chi connectivity index (χ2v) is 10.7. The van der Waals surface area contributed by atoms with Crippen molar-refractivity contribution in [2.45, 2.75) is 24.5 Å². The number of hydrogen-bond donors (Lipinski definition) is 4. The summed E-state index contributed by atoms with van der Waals surface area (Å²) >= 11 is 0. The lowest BCUT2D eigenvalue weighted by Gasteiger charge is -2.28. The van der Waals surface area contributed by atoms with Crippen LogP contribution in [0.4, 0.5) is 5.82 Å². The van der Waals surface area contributed by atoms with Gasteiger partial charge in [0.15, 0.2) is 6.23 Å². The molecule has 1 aromatic rings. The fourth-order valence-electron chi connectivity index (χ4n) is 2.48. The minimum atomic E-state index is -5.18. The maximum atomic E-state index is 12.0. The van der Waals surface area contributed by atoms with E-state index in [-0.39, 0.29) is 19.0 Å². The molecule has 2 heterocycles. The number of likely N-dealkylation sites (N-methyl/N-ethyl adjacent to an activating group) is 1.